The van der Waals surface area contributed by atoms with E-state index in [0.717, 1.165) is 11.3 Å². The van der Waals surface area contributed by atoms with Gasteiger partial charge in [0.25, 0.3) is 0 Å². The number of piperidine rings is 1. The zero-order valence-electron chi connectivity index (χ0n) is 13.0. The molecule has 4 heteroatoms. The van der Waals surface area contributed by atoms with Crippen LogP contribution in [0.1, 0.15) is 38.5 Å². The van der Waals surface area contributed by atoms with Gasteiger partial charge < -0.3 is 10.2 Å². The largest absolute Gasteiger partial charge is 0.371 e. The Balaban J connectivity index is 1.49. The summed E-state index contributed by atoms with van der Waals surface area (Å²) in [6.07, 6.45) is 14.2. The van der Waals surface area contributed by atoms with Gasteiger partial charge in [0.15, 0.2) is 0 Å². The molecule has 0 radical (unpaired) electrons. The van der Waals surface area contributed by atoms with Crippen LogP contribution < -0.4 is 10.2 Å². The standard InChI is InChI=1S/C17H27N3S/c1-21-17-5-3-2-4-16(17)19-14-8-12-20(13-9-14)15-6-10-18-11-7-15/h6-7,10-11,14,16-17,19H,2-5,8-9,12-13H2,1H3. The molecular formula is C17H27N3S. The monoisotopic (exact) mass is 305 g/mol. The van der Waals surface area contributed by atoms with E-state index in [9.17, 15) is 0 Å². The fourth-order valence-electron chi connectivity index (χ4n) is 3.73. The van der Waals surface area contributed by atoms with Crippen LogP contribution in [0, 0.1) is 0 Å². The van der Waals surface area contributed by atoms with Gasteiger partial charge in [0.2, 0.25) is 0 Å². The van der Waals surface area contributed by atoms with Crippen molar-refractivity contribution in [3.8, 4) is 0 Å². The zero-order valence-corrected chi connectivity index (χ0v) is 13.8. The van der Waals surface area contributed by atoms with Crippen LogP contribution in [0.4, 0.5) is 5.69 Å². The third-order valence-electron chi connectivity index (χ3n) is 4.98. The number of anilines is 1. The quantitative estimate of drug-likeness (QED) is 0.924. The normalized spacial score (nSPS) is 27.8. The molecule has 1 N–H and O–H groups in total. The highest BCUT2D eigenvalue weighted by molar-refractivity contribution is 7.99. The fourth-order valence-corrected chi connectivity index (χ4v) is 4.68. The van der Waals surface area contributed by atoms with E-state index in [2.05, 4.69) is 45.4 Å². The maximum atomic E-state index is 4.11. The van der Waals surface area contributed by atoms with E-state index in [-0.39, 0.29) is 0 Å². The summed E-state index contributed by atoms with van der Waals surface area (Å²) < 4.78 is 0. The number of hydrogen-bond donors (Lipinski definition) is 1. The molecule has 2 heterocycles. The molecule has 1 saturated carbocycles. The average molecular weight is 305 g/mol. The van der Waals surface area contributed by atoms with E-state index in [1.54, 1.807) is 0 Å². The summed E-state index contributed by atoms with van der Waals surface area (Å²) in [6.45, 7) is 2.33. The van der Waals surface area contributed by atoms with Crippen LogP contribution in [0.3, 0.4) is 0 Å². The number of hydrogen-bond acceptors (Lipinski definition) is 4. The van der Waals surface area contributed by atoms with Gasteiger partial charge in [-0.15, -0.1) is 0 Å². The Hall–Kier alpha value is -0.740. The maximum absolute atomic E-state index is 4.11. The highest BCUT2D eigenvalue weighted by Crippen LogP contribution is 2.28. The minimum Gasteiger partial charge on any atom is -0.371 e. The van der Waals surface area contributed by atoms with E-state index in [1.807, 2.05) is 12.4 Å². The lowest BCUT2D eigenvalue weighted by atomic mass is 9.93. The second-order valence-electron chi connectivity index (χ2n) is 6.30. The van der Waals surface area contributed by atoms with Gasteiger partial charge in [0, 0.05) is 48.5 Å². The topological polar surface area (TPSA) is 28.2 Å². The average Bonchev–Trinajstić information content (AvgIpc) is 2.57. The van der Waals surface area contributed by atoms with Gasteiger partial charge in [0.05, 0.1) is 0 Å². The van der Waals surface area contributed by atoms with Crippen molar-refractivity contribution >= 4 is 17.4 Å². The van der Waals surface area contributed by atoms with Crippen LogP contribution in [0.5, 0.6) is 0 Å². The third kappa shape index (κ3) is 3.92. The second kappa shape index (κ2) is 7.50. The van der Waals surface area contributed by atoms with Gasteiger partial charge in [-0.1, -0.05) is 12.8 Å². The Morgan fingerprint density at radius 2 is 1.81 bits per heavy atom. The Bertz CT molecular complexity index is 417. The van der Waals surface area contributed by atoms with Crippen molar-refractivity contribution in [1.29, 1.82) is 0 Å². The second-order valence-corrected chi connectivity index (χ2v) is 7.38. The van der Waals surface area contributed by atoms with E-state index in [0.29, 0.717) is 6.04 Å². The zero-order chi connectivity index (χ0) is 14.5. The van der Waals surface area contributed by atoms with Gasteiger partial charge in [-0.2, -0.15) is 11.8 Å². The lowest BCUT2D eigenvalue weighted by Gasteiger charge is -2.39. The predicted octanol–water partition coefficient (Wildman–Crippen LogP) is 3.31. The Morgan fingerprint density at radius 1 is 1.10 bits per heavy atom. The summed E-state index contributed by atoms with van der Waals surface area (Å²) in [4.78, 5) is 6.60. The molecule has 1 aromatic rings. The molecule has 0 spiro atoms. The minimum absolute atomic E-state index is 0.709. The van der Waals surface area contributed by atoms with E-state index in [4.69, 9.17) is 0 Å². The highest BCUT2D eigenvalue weighted by Gasteiger charge is 2.28. The highest BCUT2D eigenvalue weighted by atomic mass is 32.2. The number of nitrogens with one attached hydrogen (secondary N) is 1. The molecule has 2 unspecified atom stereocenters. The molecule has 1 aromatic heterocycles. The van der Waals surface area contributed by atoms with Crippen molar-refractivity contribution < 1.29 is 0 Å². The number of pyridine rings is 1. The SMILES string of the molecule is CSC1CCCCC1NC1CCN(c2ccncc2)CC1. The molecule has 1 aliphatic carbocycles. The van der Waals surface area contributed by atoms with Gasteiger partial charge in [0.1, 0.15) is 0 Å². The van der Waals surface area contributed by atoms with Crippen LogP contribution in [0.15, 0.2) is 24.5 Å². The summed E-state index contributed by atoms with van der Waals surface area (Å²) in [5.41, 5.74) is 1.32. The van der Waals surface area contributed by atoms with Crippen molar-refractivity contribution in [2.75, 3.05) is 24.2 Å². The van der Waals surface area contributed by atoms with Crippen molar-refractivity contribution in [2.45, 2.75) is 55.9 Å². The first-order chi connectivity index (χ1) is 10.4. The first kappa shape index (κ1) is 15.2. The molecule has 1 aliphatic heterocycles. The lowest BCUT2D eigenvalue weighted by Crippen LogP contribution is -2.50. The first-order valence-electron chi connectivity index (χ1n) is 8.30. The van der Waals surface area contributed by atoms with Crippen molar-refractivity contribution in [3.05, 3.63) is 24.5 Å². The summed E-state index contributed by atoms with van der Waals surface area (Å²) >= 11 is 2.06. The number of thioether (sulfide) groups is 1. The maximum Gasteiger partial charge on any atom is 0.0397 e. The molecular weight excluding hydrogens is 278 g/mol. The predicted molar refractivity (Wildman–Crippen MR) is 92.2 cm³/mol. The third-order valence-corrected chi connectivity index (χ3v) is 6.15. The van der Waals surface area contributed by atoms with Crippen molar-refractivity contribution in [1.82, 2.24) is 10.3 Å². The summed E-state index contributed by atoms with van der Waals surface area (Å²) in [7, 11) is 0. The van der Waals surface area contributed by atoms with Gasteiger partial charge in [-0.25, -0.2) is 0 Å². The molecule has 0 aromatic carbocycles. The number of rotatable bonds is 4. The smallest absolute Gasteiger partial charge is 0.0397 e. The van der Waals surface area contributed by atoms with Crippen LogP contribution in [-0.4, -0.2) is 41.7 Å². The molecule has 0 bridgehead atoms. The molecule has 1 saturated heterocycles. The van der Waals surface area contributed by atoms with Crippen LogP contribution in [-0.2, 0) is 0 Å². The molecule has 21 heavy (non-hydrogen) atoms. The van der Waals surface area contributed by atoms with Crippen LogP contribution in [0.25, 0.3) is 0 Å². The molecule has 2 atom stereocenters. The number of aromatic nitrogens is 1. The molecule has 116 valence electrons. The molecule has 3 nitrogen and oxygen atoms in total. The van der Waals surface area contributed by atoms with Crippen molar-refractivity contribution in [2.24, 2.45) is 0 Å². The van der Waals surface area contributed by atoms with Crippen LogP contribution >= 0.6 is 11.8 Å². The molecule has 0 amide bonds. The van der Waals surface area contributed by atoms with E-state index < -0.39 is 0 Å². The summed E-state index contributed by atoms with van der Waals surface area (Å²) in [5, 5.41) is 4.80. The fraction of sp³-hybridized carbons (Fsp3) is 0.706. The summed E-state index contributed by atoms with van der Waals surface area (Å²) in [6, 6.07) is 5.70. The molecule has 2 aliphatic rings. The first-order valence-corrected chi connectivity index (χ1v) is 9.59. The van der Waals surface area contributed by atoms with Crippen molar-refractivity contribution in [3.63, 3.8) is 0 Å². The van der Waals surface area contributed by atoms with E-state index >= 15 is 0 Å². The molecule has 3 rings (SSSR count). The Labute approximate surface area is 132 Å². The van der Waals surface area contributed by atoms with Gasteiger partial charge in [-0.05, 0) is 44.1 Å². The Kier molecular flexibility index (Phi) is 5.42. The van der Waals surface area contributed by atoms with Crippen LogP contribution in [0.2, 0.25) is 0 Å². The lowest BCUT2D eigenvalue weighted by molar-refractivity contribution is 0.314. The minimum atomic E-state index is 0.709. The van der Waals surface area contributed by atoms with Gasteiger partial charge >= 0.3 is 0 Å². The Morgan fingerprint density at radius 3 is 2.52 bits per heavy atom. The van der Waals surface area contributed by atoms with E-state index in [1.165, 1.54) is 57.3 Å². The molecule has 2 fully saturated rings. The summed E-state index contributed by atoms with van der Waals surface area (Å²) in [5.74, 6) is 0. The van der Waals surface area contributed by atoms with Gasteiger partial charge in [-0.3, -0.25) is 4.98 Å². The number of nitrogens with zero attached hydrogens (tertiary/aromatic N) is 2.